The number of hydrogen-bond donors (Lipinski definition) is 2. The number of nitrogens with one attached hydrogen (secondary N) is 2. The van der Waals surface area contributed by atoms with Gasteiger partial charge in [0.05, 0.1) is 25.0 Å². The number of methoxy groups -OCH3 is 1. The minimum Gasteiger partial charge on any atom is -0.495 e. The number of ether oxygens (including phenoxy) is 1. The van der Waals surface area contributed by atoms with Crippen molar-refractivity contribution in [1.29, 1.82) is 0 Å². The lowest BCUT2D eigenvalue weighted by atomic mass is 10.2. The van der Waals surface area contributed by atoms with E-state index in [1.807, 2.05) is 6.07 Å². The Labute approximate surface area is 162 Å². The highest BCUT2D eigenvalue weighted by molar-refractivity contribution is 7.86. The summed E-state index contributed by atoms with van der Waals surface area (Å²) in [5.41, 5.74) is 1.36. The topological polar surface area (TPSA) is 104 Å². The van der Waals surface area contributed by atoms with Gasteiger partial charge in [0, 0.05) is 31.9 Å². The van der Waals surface area contributed by atoms with Crippen molar-refractivity contribution in [3.63, 3.8) is 0 Å². The second-order valence-corrected chi connectivity index (χ2v) is 9.27. The Hall–Kier alpha value is -2.21. The third-order valence-corrected chi connectivity index (χ3v) is 6.94. The fraction of sp³-hybridized carbons (Fsp3) is 0.375. The average molecular weight is 412 g/mol. The molecule has 0 atom stereocenters. The van der Waals surface area contributed by atoms with Crippen molar-refractivity contribution in [3.8, 4) is 5.75 Å². The van der Waals surface area contributed by atoms with E-state index >= 15 is 0 Å². The summed E-state index contributed by atoms with van der Waals surface area (Å²) in [5, 5.41) is 5.84. The Kier molecular flexibility index (Phi) is 5.65. The Morgan fingerprint density at radius 3 is 2.74 bits per heavy atom. The lowest BCUT2D eigenvalue weighted by Gasteiger charge is -2.27. The number of benzene rings is 1. The molecule has 11 heteroatoms. The van der Waals surface area contributed by atoms with Gasteiger partial charge in [-0.25, -0.2) is 9.78 Å². The summed E-state index contributed by atoms with van der Waals surface area (Å²) >= 11 is 1.28. The Morgan fingerprint density at radius 2 is 2.04 bits per heavy atom. The highest BCUT2D eigenvalue weighted by Crippen LogP contribution is 2.30. The highest BCUT2D eigenvalue weighted by atomic mass is 32.2. The van der Waals surface area contributed by atoms with E-state index in [0.717, 1.165) is 10.6 Å². The van der Waals surface area contributed by atoms with Gasteiger partial charge >= 0.3 is 6.03 Å². The molecule has 3 rings (SSSR count). The van der Waals surface area contributed by atoms with Crippen LogP contribution >= 0.6 is 11.3 Å². The van der Waals surface area contributed by atoms with Gasteiger partial charge in [-0.05, 0) is 12.1 Å². The number of urea groups is 1. The second kappa shape index (κ2) is 7.80. The summed E-state index contributed by atoms with van der Waals surface area (Å²) in [5.74, 6) is 0.551. The molecule has 2 heterocycles. The predicted molar refractivity (Wildman–Crippen MR) is 104 cm³/mol. The Bertz CT molecular complexity index is 942. The predicted octanol–water partition coefficient (Wildman–Crippen LogP) is 1.96. The maximum atomic E-state index is 12.3. The van der Waals surface area contributed by atoms with E-state index in [1.165, 1.54) is 41.2 Å². The molecule has 146 valence electrons. The van der Waals surface area contributed by atoms with E-state index in [1.54, 1.807) is 18.2 Å². The van der Waals surface area contributed by atoms with Crippen molar-refractivity contribution < 1.29 is 17.9 Å². The number of nitrogens with zero attached hydrogens (tertiary/aromatic N) is 3. The van der Waals surface area contributed by atoms with Gasteiger partial charge < -0.3 is 10.1 Å². The molecule has 0 saturated carbocycles. The quantitative estimate of drug-likeness (QED) is 0.783. The molecule has 0 radical (unpaired) electrons. The largest absolute Gasteiger partial charge is 0.495 e. The number of aromatic nitrogens is 1. The molecular formula is C16H21N5O4S2. The van der Waals surface area contributed by atoms with Gasteiger partial charge in [-0.1, -0.05) is 23.5 Å². The SMILES string of the molecule is COc1ccccc1NC(=O)Nc1nc2c(s1)CN(S(=O)(=O)N(C)C)CC2. The van der Waals surface area contributed by atoms with Crippen LogP contribution in [0.2, 0.25) is 0 Å². The number of amides is 2. The number of carbonyl (C=O) groups is 1. The van der Waals surface area contributed by atoms with Crippen molar-refractivity contribution in [1.82, 2.24) is 13.6 Å². The van der Waals surface area contributed by atoms with Crippen LogP contribution in [-0.4, -0.2) is 55.8 Å². The lowest BCUT2D eigenvalue weighted by molar-refractivity contribution is 0.262. The van der Waals surface area contributed by atoms with E-state index in [9.17, 15) is 13.2 Å². The van der Waals surface area contributed by atoms with Gasteiger partial charge in [0.15, 0.2) is 5.13 Å². The molecule has 0 aliphatic carbocycles. The van der Waals surface area contributed by atoms with Crippen LogP contribution in [0, 0.1) is 0 Å². The van der Waals surface area contributed by atoms with Gasteiger partial charge in [0.25, 0.3) is 10.2 Å². The van der Waals surface area contributed by atoms with Crippen LogP contribution in [0.4, 0.5) is 15.6 Å². The average Bonchev–Trinajstić information content (AvgIpc) is 3.03. The Morgan fingerprint density at radius 1 is 1.30 bits per heavy atom. The van der Waals surface area contributed by atoms with E-state index in [-0.39, 0.29) is 6.54 Å². The molecule has 2 aromatic rings. The van der Waals surface area contributed by atoms with Crippen molar-refractivity contribution >= 4 is 38.4 Å². The van der Waals surface area contributed by atoms with Crippen LogP contribution in [-0.2, 0) is 23.2 Å². The first-order chi connectivity index (χ1) is 12.8. The first kappa shape index (κ1) is 19.5. The van der Waals surface area contributed by atoms with Crippen LogP contribution in [0.25, 0.3) is 0 Å². The van der Waals surface area contributed by atoms with E-state index in [4.69, 9.17) is 4.74 Å². The number of hydrogen-bond acceptors (Lipinski definition) is 6. The normalized spacial score (nSPS) is 14.7. The Balaban J connectivity index is 1.69. The molecular weight excluding hydrogens is 390 g/mol. The summed E-state index contributed by atoms with van der Waals surface area (Å²) in [7, 11) is 1.07. The second-order valence-electron chi connectivity index (χ2n) is 6.04. The number of rotatable bonds is 5. The van der Waals surface area contributed by atoms with Gasteiger partial charge in [-0.2, -0.15) is 17.0 Å². The molecule has 2 amide bonds. The van der Waals surface area contributed by atoms with Crippen LogP contribution in [0.3, 0.4) is 0 Å². The number of anilines is 2. The van der Waals surface area contributed by atoms with E-state index in [0.29, 0.717) is 29.5 Å². The van der Waals surface area contributed by atoms with Gasteiger partial charge in [0.1, 0.15) is 5.75 Å². The molecule has 0 unspecified atom stereocenters. The summed E-state index contributed by atoms with van der Waals surface area (Å²) in [4.78, 5) is 17.5. The minimum absolute atomic E-state index is 0.253. The maximum absolute atomic E-state index is 12.3. The van der Waals surface area contributed by atoms with Crippen molar-refractivity contribution in [2.24, 2.45) is 0 Å². The van der Waals surface area contributed by atoms with Crippen LogP contribution in [0.15, 0.2) is 24.3 Å². The summed E-state index contributed by atoms with van der Waals surface area (Å²) in [6.07, 6.45) is 0.509. The molecule has 0 saturated heterocycles. The molecule has 1 aliphatic rings. The van der Waals surface area contributed by atoms with Gasteiger partial charge in [-0.3, -0.25) is 5.32 Å². The van der Waals surface area contributed by atoms with Gasteiger partial charge in [-0.15, -0.1) is 0 Å². The molecule has 0 spiro atoms. The first-order valence-corrected chi connectivity index (χ1v) is 10.4. The zero-order valence-corrected chi connectivity index (χ0v) is 16.9. The summed E-state index contributed by atoms with van der Waals surface area (Å²) in [6, 6.07) is 6.64. The van der Waals surface area contributed by atoms with Crippen molar-refractivity contribution in [2.75, 3.05) is 38.4 Å². The lowest BCUT2D eigenvalue weighted by Crippen LogP contribution is -2.42. The third-order valence-electron chi connectivity index (χ3n) is 4.06. The number of fused-ring (bicyclic) bond motifs is 1. The molecule has 27 heavy (non-hydrogen) atoms. The molecule has 1 aromatic carbocycles. The third kappa shape index (κ3) is 4.21. The molecule has 0 fully saturated rings. The monoisotopic (exact) mass is 411 g/mol. The van der Waals surface area contributed by atoms with E-state index < -0.39 is 16.2 Å². The minimum atomic E-state index is -3.47. The number of para-hydroxylation sites is 2. The van der Waals surface area contributed by atoms with Crippen LogP contribution in [0.1, 0.15) is 10.6 Å². The van der Waals surface area contributed by atoms with Crippen molar-refractivity contribution in [3.05, 3.63) is 34.8 Å². The highest BCUT2D eigenvalue weighted by Gasteiger charge is 2.30. The molecule has 0 bridgehead atoms. The summed E-state index contributed by atoms with van der Waals surface area (Å²) < 4.78 is 32.4. The zero-order chi connectivity index (χ0) is 19.6. The van der Waals surface area contributed by atoms with Crippen molar-refractivity contribution in [2.45, 2.75) is 13.0 Å². The summed E-state index contributed by atoms with van der Waals surface area (Å²) in [6.45, 7) is 0.618. The maximum Gasteiger partial charge on any atom is 0.325 e. The smallest absolute Gasteiger partial charge is 0.325 e. The van der Waals surface area contributed by atoms with Crippen LogP contribution in [0.5, 0.6) is 5.75 Å². The number of thiazole rings is 1. The standard InChI is InChI=1S/C16H21N5O4S2/c1-20(2)27(23,24)21-9-8-12-14(10-21)26-16(18-12)19-15(22)17-11-6-4-5-7-13(11)25-3/h4-7H,8-10H2,1-3H3,(H2,17,18,19,22). The molecule has 1 aliphatic heterocycles. The molecule has 9 nitrogen and oxygen atoms in total. The molecule has 2 N–H and O–H groups in total. The number of carbonyl (C=O) groups excluding carboxylic acids is 1. The fourth-order valence-corrected chi connectivity index (χ4v) is 4.83. The van der Waals surface area contributed by atoms with Gasteiger partial charge in [0.2, 0.25) is 0 Å². The zero-order valence-electron chi connectivity index (χ0n) is 15.2. The van der Waals surface area contributed by atoms with E-state index in [2.05, 4.69) is 15.6 Å². The molecule has 1 aromatic heterocycles. The first-order valence-electron chi connectivity index (χ1n) is 8.18. The fourth-order valence-electron chi connectivity index (χ4n) is 2.65. The van der Waals surface area contributed by atoms with Crippen LogP contribution < -0.4 is 15.4 Å².